The number of carbonyl (C=O) groups excluding carboxylic acids is 1. The van der Waals surface area contributed by atoms with E-state index in [1.54, 1.807) is 31.2 Å². The van der Waals surface area contributed by atoms with Crippen LogP contribution in [-0.4, -0.2) is 36.4 Å². The summed E-state index contributed by atoms with van der Waals surface area (Å²) in [6.45, 7) is 6.03. The van der Waals surface area contributed by atoms with Gasteiger partial charge in [0.15, 0.2) is 6.61 Å². The molecule has 0 fully saturated rings. The molecule has 1 aromatic rings. The molecule has 2 atom stereocenters. The van der Waals surface area contributed by atoms with Gasteiger partial charge in [-0.1, -0.05) is 0 Å². The van der Waals surface area contributed by atoms with E-state index < -0.39 is 6.10 Å². The normalized spacial score (nSPS) is 13.4. The molecule has 0 radical (unpaired) electrons. The molecule has 0 saturated heterocycles. The number of hydrogen-bond acceptors (Lipinski definition) is 4. The molecule has 0 aromatic heterocycles. The van der Waals surface area contributed by atoms with Crippen LogP contribution < -0.4 is 14.8 Å². The minimum Gasteiger partial charge on any atom is -0.494 e. The Morgan fingerprint density at radius 3 is 2.25 bits per heavy atom. The number of aliphatic hydroxyl groups is 1. The maximum atomic E-state index is 11.6. The van der Waals surface area contributed by atoms with Crippen molar-refractivity contribution in [3.63, 3.8) is 0 Å². The molecule has 0 heterocycles. The highest BCUT2D eigenvalue weighted by molar-refractivity contribution is 5.77. The van der Waals surface area contributed by atoms with Crippen LogP contribution in [-0.2, 0) is 4.79 Å². The van der Waals surface area contributed by atoms with E-state index in [-0.39, 0.29) is 18.6 Å². The van der Waals surface area contributed by atoms with Crippen molar-refractivity contribution in [2.45, 2.75) is 39.3 Å². The van der Waals surface area contributed by atoms with Gasteiger partial charge in [-0.2, -0.15) is 0 Å². The average molecular weight is 281 g/mol. The second-order valence-corrected chi connectivity index (χ2v) is 4.75. The first-order chi connectivity index (χ1) is 9.51. The molecule has 0 aliphatic rings. The highest BCUT2D eigenvalue weighted by atomic mass is 16.5. The first kappa shape index (κ1) is 16.3. The number of nitrogens with one attached hydrogen (secondary N) is 1. The lowest BCUT2D eigenvalue weighted by molar-refractivity contribution is -0.123. The van der Waals surface area contributed by atoms with Crippen molar-refractivity contribution in [3.05, 3.63) is 24.3 Å². The fourth-order valence-electron chi connectivity index (χ4n) is 1.83. The number of amides is 1. The Kier molecular flexibility index (Phi) is 6.87. The van der Waals surface area contributed by atoms with Crippen LogP contribution in [0.3, 0.4) is 0 Å². The summed E-state index contributed by atoms with van der Waals surface area (Å²) in [6.07, 6.45) is 0.0896. The summed E-state index contributed by atoms with van der Waals surface area (Å²) in [5.74, 6) is 1.19. The van der Waals surface area contributed by atoms with Crippen LogP contribution in [0.15, 0.2) is 24.3 Å². The number of aliphatic hydroxyl groups excluding tert-OH is 1. The SMILES string of the molecule is CCOc1ccc(OCC(=O)NC(C)CC(C)O)cc1. The smallest absolute Gasteiger partial charge is 0.258 e. The average Bonchev–Trinajstić information content (AvgIpc) is 2.37. The fraction of sp³-hybridized carbons (Fsp3) is 0.533. The molecule has 2 unspecified atom stereocenters. The van der Waals surface area contributed by atoms with E-state index in [0.717, 1.165) is 5.75 Å². The van der Waals surface area contributed by atoms with Gasteiger partial charge in [0.05, 0.1) is 12.7 Å². The monoisotopic (exact) mass is 281 g/mol. The molecule has 0 aliphatic carbocycles. The third kappa shape index (κ3) is 6.43. The highest BCUT2D eigenvalue weighted by Gasteiger charge is 2.10. The van der Waals surface area contributed by atoms with Gasteiger partial charge in [-0.05, 0) is 51.5 Å². The van der Waals surface area contributed by atoms with Crippen molar-refractivity contribution >= 4 is 5.91 Å². The zero-order valence-corrected chi connectivity index (χ0v) is 12.3. The van der Waals surface area contributed by atoms with Crippen LogP contribution in [0.4, 0.5) is 0 Å². The maximum absolute atomic E-state index is 11.6. The fourth-order valence-corrected chi connectivity index (χ4v) is 1.83. The zero-order chi connectivity index (χ0) is 15.0. The minimum absolute atomic E-state index is 0.0435. The summed E-state index contributed by atoms with van der Waals surface area (Å²) in [7, 11) is 0. The van der Waals surface area contributed by atoms with Crippen LogP contribution in [0.25, 0.3) is 0 Å². The highest BCUT2D eigenvalue weighted by Crippen LogP contribution is 2.17. The van der Waals surface area contributed by atoms with E-state index >= 15 is 0 Å². The van der Waals surface area contributed by atoms with Crippen LogP contribution in [0, 0.1) is 0 Å². The van der Waals surface area contributed by atoms with Gasteiger partial charge in [0, 0.05) is 6.04 Å². The van der Waals surface area contributed by atoms with Crippen molar-refractivity contribution in [2.24, 2.45) is 0 Å². The summed E-state index contributed by atoms with van der Waals surface area (Å²) in [6, 6.07) is 7.04. The Morgan fingerprint density at radius 1 is 1.20 bits per heavy atom. The molecule has 20 heavy (non-hydrogen) atoms. The van der Waals surface area contributed by atoms with Crippen LogP contribution in [0.2, 0.25) is 0 Å². The molecule has 1 amide bonds. The van der Waals surface area contributed by atoms with Gasteiger partial charge in [0.25, 0.3) is 5.91 Å². The molecule has 112 valence electrons. The van der Waals surface area contributed by atoms with Crippen LogP contribution in [0.1, 0.15) is 27.2 Å². The zero-order valence-electron chi connectivity index (χ0n) is 12.3. The van der Waals surface area contributed by atoms with Gasteiger partial charge < -0.3 is 19.9 Å². The van der Waals surface area contributed by atoms with E-state index in [0.29, 0.717) is 18.8 Å². The standard InChI is InChI=1S/C15H23NO4/c1-4-19-13-5-7-14(8-6-13)20-10-15(18)16-11(2)9-12(3)17/h5-8,11-12,17H,4,9-10H2,1-3H3,(H,16,18). The van der Waals surface area contributed by atoms with Gasteiger partial charge in [0.2, 0.25) is 0 Å². The molecule has 1 rings (SSSR count). The molecular weight excluding hydrogens is 258 g/mol. The Bertz CT molecular complexity index is 403. The van der Waals surface area contributed by atoms with Gasteiger partial charge in [-0.3, -0.25) is 4.79 Å². The van der Waals surface area contributed by atoms with Gasteiger partial charge in [0.1, 0.15) is 11.5 Å². The number of benzene rings is 1. The van der Waals surface area contributed by atoms with Gasteiger partial charge in [-0.25, -0.2) is 0 Å². The Morgan fingerprint density at radius 2 is 1.75 bits per heavy atom. The minimum atomic E-state index is -0.433. The van der Waals surface area contributed by atoms with E-state index in [1.807, 2.05) is 13.8 Å². The second kappa shape index (κ2) is 8.43. The van der Waals surface area contributed by atoms with E-state index in [2.05, 4.69) is 5.32 Å². The van der Waals surface area contributed by atoms with Gasteiger partial charge in [-0.15, -0.1) is 0 Å². The van der Waals surface area contributed by atoms with E-state index in [9.17, 15) is 9.90 Å². The third-order valence-electron chi connectivity index (χ3n) is 2.61. The lowest BCUT2D eigenvalue weighted by Gasteiger charge is -2.15. The van der Waals surface area contributed by atoms with Crippen molar-refractivity contribution in [1.29, 1.82) is 0 Å². The Labute approximate surface area is 119 Å². The van der Waals surface area contributed by atoms with Crippen molar-refractivity contribution in [3.8, 4) is 11.5 Å². The summed E-state index contributed by atoms with van der Waals surface area (Å²) < 4.78 is 10.7. The van der Waals surface area contributed by atoms with Crippen LogP contribution >= 0.6 is 0 Å². The predicted octanol–water partition coefficient (Wildman–Crippen LogP) is 1.74. The summed E-state index contributed by atoms with van der Waals surface area (Å²) in [5.41, 5.74) is 0. The van der Waals surface area contributed by atoms with Crippen molar-refractivity contribution in [2.75, 3.05) is 13.2 Å². The first-order valence-electron chi connectivity index (χ1n) is 6.84. The number of rotatable bonds is 8. The molecule has 0 spiro atoms. The number of ether oxygens (including phenoxy) is 2. The van der Waals surface area contributed by atoms with E-state index in [4.69, 9.17) is 9.47 Å². The topological polar surface area (TPSA) is 67.8 Å². The molecule has 0 bridgehead atoms. The molecule has 5 nitrogen and oxygen atoms in total. The molecular formula is C15H23NO4. The predicted molar refractivity (Wildman–Crippen MR) is 77.0 cm³/mol. The first-order valence-corrected chi connectivity index (χ1v) is 6.84. The maximum Gasteiger partial charge on any atom is 0.258 e. The summed E-state index contributed by atoms with van der Waals surface area (Å²) in [4.78, 5) is 11.6. The van der Waals surface area contributed by atoms with Crippen molar-refractivity contribution < 1.29 is 19.4 Å². The molecule has 2 N–H and O–H groups in total. The second-order valence-electron chi connectivity index (χ2n) is 4.75. The van der Waals surface area contributed by atoms with Crippen LogP contribution in [0.5, 0.6) is 11.5 Å². The van der Waals surface area contributed by atoms with Crippen molar-refractivity contribution in [1.82, 2.24) is 5.32 Å². The molecule has 5 heteroatoms. The molecule has 0 saturated carbocycles. The molecule has 0 aliphatic heterocycles. The summed E-state index contributed by atoms with van der Waals surface area (Å²) >= 11 is 0. The van der Waals surface area contributed by atoms with Gasteiger partial charge >= 0.3 is 0 Å². The number of hydrogen-bond donors (Lipinski definition) is 2. The summed E-state index contributed by atoms with van der Waals surface area (Å²) in [5, 5.41) is 12.0. The quantitative estimate of drug-likeness (QED) is 0.761. The number of carbonyl (C=O) groups is 1. The Hall–Kier alpha value is -1.75. The Balaban J connectivity index is 2.33. The largest absolute Gasteiger partial charge is 0.494 e. The van der Waals surface area contributed by atoms with E-state index in [1.165, 1.54) is 0 Å². The third-order valence-corrected chi connectivity index (χ3v) is 2.61. The lowest BCUT2D eigenvalue weighted by Crippen LogP contribution is -2.37. The molecule has 1 aromatic carbocycles. The lowest BCUT2D eigenvalue weighted by atomic mass is 10.1.